The van der Waals surface area contributed by atoms with Crippen LogP contribution in [0.2, 0.25) is 10.0 Å². The lowest BCUT2D eigenvalue weighted by atomic mass is 10.2. The minimum Gasteiger partial charge on any atom is -0.461 e. The second-order valence-electron chi connectivity index (χ2n) is 5.67. The average molecular weight is 431 g/mol. The number of fused-ring (bicyclic) bond motifs is 1. The lowest BCUT2D eigenvalue weighted by molar-refractivity contribution is -0.113. The molecule has 0 saturated carbocycles. The molecular formula is C19H12Cl2N4O2S. The predicted octanol–water partition coefficient (Wildman–Crippen LogP) is 5.32. The number of carbonyl (C=O) groups is 1. The molecule has 0 bridgehead atoms. The summed E-state index contributed by atoms with van der Waals surface area (Å²) in [6.45, 7) is 0. The van der Waals surface area contributed by atoms with Gasteiger partial charge in [-0.25, -0.2) is 15.0 Å². The first-order chi connectivity index (χ1) is 13.6. The highest BCUT2D eigenvalue weighted by atomic mass is 35.5. The Balaban J connectivity index is 1.56. The molecule has 0 aliphatic carbocycles. The number of hydrogen-bond acceptors (Lipinski definition) is 6. The van der Waals surface area contributed by atoms with Gasteiger partial charge in [0.05, 0.1) is 27.6 Å². The first kappa shape index (κ1) is 18.7. The molecule has 140 valence electrons. The van der Waals surface area contributed by atoms with Gasteiger partial charge in [-0.2, -0.15) is 0 Å². The molecule has 0 unspecified atom stereocenters. The molecule has 0 fully saturated rings. The fraction of sp³-hybridized carbons (Fsp3) is 0.0526. The normalized spacial score (nSPS) is 10.9. The Labute approximate surface area is 174 Å². The van der Waals surface area contributed by atoms with E-state index in [9.17, 15) is 4.79 Å². The Morgan fingerprint density at radius 3 is 2.79 bits per heavy atom. The first-order valence-electron chi connectivity index (χ1n) is 8.14. The van der Waals surface area contributed by atoms with Gasteiger partial charge in [0.1, 0.15) is 5.03 Å². The summed E-state index contributed by atoms with van der Waals surface area (Å²) in [5, 5.41) is 4.89. The number of thioether (sulfide) groups is 1. The van der Waals surface area contributed by atoms with E-state index < -0.39 is 0 Å². The van der Waals surface area contributed by atoms with E-state index in [1.807, 2.05) is 24.3 Å². The zero-order valence-corrected chi connectivity index (χ0v) is 16.6. The van der Waals surface area contributed by atoms with Crippen LogP contribution in [0.15, 0.2) is 64.4 Å². The van der Waals surface area contributed by atoms with Crippen LogP contribution in [-0.2, 0) is 4.79 Å². The maximum Gasteiger partial charge on any atom is 0.235 e. The van der Waals surface area contributed by atoms with Crippen molar-refractivity contribution in [1.29, 1.82) is 0 Å². The molecule has 0 aliphatic heterocycles. The molecule has 9 heteroatoms. The van der Waals surface area contributed by atoms with Crippen molar-refractivity contribution in [1.82, 2.24) is 15.0 Å². The molecule has 3 aromatic heterocycles. The largest absolute Gasteiger partial charge is 0.461 e. The summed E-state index contributed by atoms with van der Waals surface area (Å²) in [6.07, 6.45) is 2.99. The lowest BCUT2D eigenvalue weighted by Gasteiger charge is -2.08. The number of nitrogens with zero attached hydrogens (tertiary/aromatic N) is 3. The number of halogens is 2. The van der Waals surface area contributed by atoms with E-state index in [-0.39, 0.29) is 22.5 Å². The quantitative estimate of drug-likeness (QED) is 0.340. The number of amides is 1. The maximum absolute atomic E-state index is 12.3. The van der Waals surface area contributed by atoms with Gasteiger partial charge in [-0.15, -0.1) is 0 Å². The number of para-hydroxylation sites is 1. The van der Waals surface area contributed by atoms with Gasteiger partial charge in [0, 0.05) is 11.6 Å². The number of pyridine rings is 1. The van der Waals surface area contributed by atoms with E-state index in [0.29, 0.717) is 21.6 Å². The van der Waals surface area contributed by atoms with E-state index in [1.54, 1.807) is 18.4 Å². The highest BCUT2D eigenvalue weighted by Crippen LogP contribution is 2.29. The Morgan fingerprint density at radius 1 is 1.14 bits per heavy atom. The fourth-order valence-corrected chi connectivity index (χ4v) is 3.73. The second kappa shape index (κ2) is 8.18. The Hall–Kier alpha value is -2.61. The highest BCUT2D eigenvalue weighted by Gasteiger charge is 2.14. The minimum absolute atomic E-state index is 0.124. The van der Waals surface area contributed by atoms with Gasteiger partial charge in [0.15, 0.2) is 17.4 Å². The lowest BCUT2D eigenvalue weighted by Crippen LogP contribution is -2.15. The number of carbonyl (C=O) groups excluding carboxylic acids is 1. The van der Waals surface area contributed by atoms with E-state index in [0.717, 1.165) is 10.9 Å². The minimum atomic E-state index is -0.260. The summed E-state index contributed by atoms with van der Waals surface area (Å²) >= 11 is 13.2. The fourth-order valence-electron chi connectivity index (χ4n) is 2.48. The zero-order valence-electron chi connectivity index (χ0n) is 14.2. The predicted molar refractivity (Wildman–Crippen MR) is 111 cm³/mol. The van der Waals surface area contributed by atoms with Gasteiger partial charge in [-0.05, 0) is 24.3 Å². The van der Waals surface area contributed by atoms with Crippen molar-refractivity contribution in [3.05, 3.63) is 65.0 Å². The van der Waals surface area contributed by atoms with Crippen molar-refractivity contribution in [3.63, 3.8) is 0 Å². The van der Waals surface area contributed by atoms with Gasteiger partial charge in [-0.3, -0.25) is 4.79 Å². The molecule has 0 saturated heterocycles. The molecule has 6 nitrogen and oxygen atoms in total. The molecule has 1 N–H and O–H groups in total. The van der Waals surface area contributed by atoms with Crippen LogP contribution < -0.4 is 5.32 Å². The van der Waals surface area contributed by atoms with Gasteiger partial charge in [0.25, 0.3) is 0 Å². The van der Waals surface area contributed by atoms with Gasteiger partial charge in [-0.1, -0.05) is 53.2 Å². The summed E-state index contributed by atoms with van der Waals surface area (Å²) in [5.41, 5.74) is 0.772. The van der Waals surface area contributed by atoms with Crippen molar-refractivity contribution >= 4 is 57.6 Å². The number of rotatable bonds is 5. The van der Waals surface area contributed by atoms with Gasteiger partial charge >= 0.3 is 0 Å². The summed E-state index contributed by atoms with van der Waals surface area (Å²) < 4.78 is 5.40. The highest BCUT2D eigenvalue weighted by molar-refractivity contribution is 8.00. The van der Waals surface area contributed by atoms with Crippen molar-refractivity contribution in [2.45, 2.75) is 5.03 Å². The van der Waals surface area contributed by atoms with Crippen LogP contribution in [0.5, 0.6) is 0 Å². The number of aromatic nitrogens is 3. The second-order valence-corrected chi connectivity index (χ2v) is 7.48. The molecule has 1 aromatic carbocycles. The maximum atomic E-state index is 12.3. The third kappa shape index (κ3) is 4.11. The summed E-state index contributed by atoms with van der Waals surface area (Å²) in [7, 11) is 0. The summed E-state index contributed by atoms with van der Waals surface area (Å²) in [5.74, 6) is 1.16. The van der Waals surface area contributed by atoms with Gasteiger partial charge in [0.2, 0.25) is 5.91 Å². The molecule has 3 heterocycles. The molecule has 1 amide bonds. The number of nitrogens with one attached hydrogen (secondary N) is 1. The number of hydrogen-bond donors (Lipinski definition) is 1. The molecular weight excluding hydrogens is 419 g/mol. The number of benzene rings is 1. The van der Waals surface area contributed by atoms with Crippen LogP contribution in [0, 0.1) is 0 Å². The molecule has 4 rings (SSSR count). The smallest absolute Gasteiger partial charge is 0.235 e. The monoisotopic (exact) mass is 430 g/mol. The number of furan rings is 1. The van der Waals surface area contributed by atoms with Crippen LogP contribution >= 0.6 is 35.0 Å². The first-order valence-corrected chi connectivity index (χ1v) is 9.88. The van der Waals surface area contributed by atoms with E-state index in [4.69, 9.17) is 27.6 Å². The standard InChI is InChI=1S/C19H12Cl2N4O2S/c20-11-8-13(21)17(22-9-11)24-16(26)10-28-19-12-4-1-2-5-14(12)23-18(25-19)15-6-3-7-27-15/h1-9H,10H2,(H,22,24,26). The third-order valence-electron chi connectivity index (χ3n) is 3.72. The SMILES string of the molecule is O=C(CSc1nc(-c2ccco2)nc2ccccc12)Nc1ncc(Cl)cc1Cl. The van der Waals surface area contributed by atoms with Crippen molar-refractivity contribution in [2.24, 2.45) is 0 Å². The Bertz CT molecular complexity index is 1150. The summed E-state index contributed by atoms with van der Waals surface area (Å²) in [6, 6.07) is 12.7. The number of anilines is 1. The third-order valence-corrected chi connectivity index (χ3v) is 5.20. The molecule has 0 radical (unpaired) electrons. The van der Waals surface area contributed by atoms with Crippen LogP contribution in [0.1, 0.15) is 0 Å². The average Bonchev–Trinajstić information content (AvgIpc) is 3.23. The van der Waals surface area contributed by atoms with Gasteiger partial charge < -0.3 is 9.73 Å². The molecule has 0 aliphatic rings. The van der Waals surface area contributed by atoms with Crippen LogP contribution in [0.3, 0.4) is 0 Å². The Morgan fingerprint density at radius 2 is 2.00 bits per heavy atom. The van der Waals surface area contributed by atoms with Crippen molar-refractivity contribution in [2.75, 3.05) is 11.1 Å². The zero-order chi connectivity index (χ0) is 19.5. The van der Waals surface area contributed by atoms with Crippen molar-refractivity contribution < 1.29 is 9.21 Å². The van der Waals surface area contributed by atoms with E-state index >= 15 is 0 Å². The topological polar surface area (TPSA) is 80.9 Å². The van der Waals surface area contributed by atoms with Crippen LogP contribution in [-0.4, -0.2) is 26.6 Å². The summed E-state index contributed by atoms with van der Waals surface area (Å²) in [4.78, 5) is 25.5. The van der Waals surface area contributed by atoms with E-state index in [1.165, 1.54) is 24.0 Å². The van der Waals surface area contributed by atoms with Crippen molar-refractivity contribution in [3.8, 4) is 11.6 Å². The molecule has 0 atom stereocenters. The van der Waals surface area contributed by atoms with Crippen LogP contribution in [0.25, 0.3) is 22.5 Å². The molecule has 28 heavy (non-hydrogen) atoms. The molecule has 0 spiro atoms. The van der Waals surface area contributed by atoms with Crippen LogP contribution in [0.4, 0.5) is 5.82 Å². The Kier molecular flexibility index (Phi) is 5.47. The molecule has 4 aromatic rings. The van der Waals surface area contributed by atoms with E-state index in [2.05, 4.69) is 20.3 Å².